The van der Waals surface area contributed by atoms with E-state index in [1.54, 1.807) is 24.0 Å². The number of aromatic nitrogens is 2. The van der Waals surface area contributed by atoms with E-state index < -0.39 is 5.82 Å². The Bertz CT molecular complexity index is 544. The van der Waals surface area contributed by atoms with E-state index in [9.17, 15) is 4.39 Å². The highest BCUT2D eigenvalue weighted by molar-refractivity contribution is 6.30. The van der Waals surface area contributed by atoms with Crippen LogP contribution in [0.4, 0.5) is 4.39 Å². The van der Waals surface area contributed by atoms with E-state index in [2.05, 4.69) is 5.10 Å². The molecule has 1 aromatic carbocycles. The van der Waals surface area contributed by atoms with Gasteiger partial charge in [0.05, 0.1) is 11.2 Å². The third-order valence-electron chi connectivity index (χ3n) is 2.48. The number of ether oxygens (including phenoxy) is 1. The molecule has 1 unspecified atom stereocenters. The van der Waals surface area contributed by atoms with Crippen LogP contribution in [0.3, 0.4) is 0 Å². The lowest BCUT2D eigenvalue weighted by molar-refractivity contribution is 0.213. The molecule has 6 heteroatoms. The van der Waals surface area contributed by atoms with Crippen molar-refractivity contribution in [3.8, 4) is 5.75 Å². The van der Waals surface area contributed by atoms with Gasteiger partial charge in [0.1, 0.15) is 17.7 Å². The molecule has 0 aliphatic carbocycles. The predicted octanol–water partition coefficient (Wildman–Crippen LogP) is 2.29. The van der Waals surface area contributed by atoms with E-state index in [0.717, 1.165) is 5.56 Å². The first kappa shape index (κ1) is 12.9. The van der Waals surface area contributed by atoms with Gasteiger partial charge in [-0.2, -0.15) is 5.10 Å². The van der Waals surface area contributed by atoms with Crippen molar-refractivity contribution in [1.29, 1.82) is 0 Å². The maximum Gasteiger partial charge on any atom is 0.145 e. The van der Waals surface area contributed by atoms with Crippen molar-refractivity contribution in [2.24, 2.45) is 12.8 Å². The van der Waals surface area contributed by atoms with Gasteiger partial charge in [-0.3, -0.25) is 4.68 Å². The second kappa shape index (κ2) is 5.37. The number of nitrogens with two attached hydrogens (primary N) is 1. The zero-order valence-corrected chi connectivity index (χ0v) is 10.6. The molecule has 0 bridgehead atoms. The van der Waals surface area contributed by atoms with E-state index in [1.807, 2.05) is 6.20 Å². The van der Waals surface area contributed by atoms with Crippen molar-refractivity contribution < 1.29 is 9.13 Å². The Hall–Kier alpha value is -1.59. The first-order valence-electron chi connectivity index (χ1n) is 5.40. The highest BCUT2D eigenvalue weighted by atomic mass is 35.5. The molecular weight excluding hydrogens is 257 g/mol. The lowest BCUT2D eigenvalue weighted by atomic mass is 10.2. The molecule has 0 fully saturated rings. The van der Waals surface area contributed by atoms with E-state index in [-0.39, 0.29) is 17.7 Å². The topological polar surface area (TPSA) is 53.1 Å². The first-order chi connectivity index (χ1) is 8.60. The molecule has 96 valence electrons. The van der Waals surface area contributed by atoms with E-state index in [0.29, 0.717) is 5.75 Å². The van der Waals surface area contributed by atoms with Crippen molar-refractivity contribution in [2.45, 2.75) is 6.10 Å². The quantitative estimate of drug-likeness (QED) is 0.927. The van der Waals surface area contributed by atoms with Crippen LogP contribution in [0.5, 0.6) is 5.75 Å². The van der Waals surface area contributed by atoms with E-state index >= 15 is 0 Å². The molecule has 0 amide bonds. The molecule has 0 saturated heterocycles. The summed E-state index contributed by atoms with van der Waals surface area (Å²) in [5.41, 5.74) is 6.49. The second-order valence-corrected chi connectivity index (χ2v) is 4.27. The molecule has 1 heterocycles. The zero-order valence-electron chi connectivity index (χ0n) is 9.81. The molecule has 0 radical (unpaired) electrons. The summed E-state index contributed by atoms with van der Waals surface area (Å²) in [6.07, 6.45) is 3.12. The van der Waals surface area contributed by atoms with Gasteiger partial charge < -0.3 is 10.5 Å². The Morgan fingerprint density at radius 3 is 2.89 bits per heavy atom. The minimum absolute atomic E-state index is 0.0630. The summed E-state index contributed by atoms with van der Waals surface area (Å²) < 4.78 is 20.6. The molecule has 2 N–H and O–H groups in total. The number of aryl methyl sites for hydroxylation is 1. The molecule has 4 nitrogen and oxygen atoms in total. The molecule has 0 saturated carbocycles. The number of halogens is 2. The number of benzene rings is 1. The standard InChI is InChI=1S/C12H13ClFN3O/c1-17-7-8(6-16-17)12(5-15)18-9-2-3-10(13)11(14)4-9/h2-4,6-7,12H,5,15H2,1H3. The fourth-order valence-electron chi connectivity index (χ4n) is 1.57. The minimum Gasteiger partial charge on any atom is -0.484 e. The summed E-state index contributed by atoms with van der Waals surface area (Å²) in [7, 11) is 1.80. The average molecular weight is 270 g/mol. The largest absolute Gasteiger partial charge is 0.484 e. The van der Waals surface area contributed by atoms with Crippen LogP contribution < -0.4 is 10.5 Å². The predicted molar refractivity (Wildman–Crippen MR) is 67.0 cm³/mol. The van der Waals surface area contributed by atoms with Crippen LogP contribution >= 0.6 is 11.6 Å². The lowest BCUT2D eigenvalue weighted by Crippen LogP contribution is -2.18. The average Bonchev–Trinajstić information content (AvgIpc) is 2.77. The van der Waals surface area contributed by atoms with Crippen LogP contribution in [0.25, 0.3) is 0 Å². The maximum atomic E-state index is 13.3. The highest BCUT2D eigenvalue weighted by Gasteiger charge is 2.14. The zero-order chi connectivity index (χ0) is 13.1. The van der Waals surface area contributed by atoms with Crippen LogP contribution in [0, 0.1) is 5.82 Å². The molecule has 0 aliphatic heterocycles. The van der Waals surface area contributed by atoms with Crippen molar-refractivity contribution in [3.63, 3.8) is 0 Å². The van der Waals surface area contributed by atoms with Gasteiger partial charge in [0.15, 0.2) is 0 Å². The smallest absolute Gasteiger partial charge is 0.145 e. The summed E-state index contributed by atoms with van der Waals surface area (Å²) in [6.45, 7) is 0.274. The van der Waals surface area contributed by atoms with Gasteiger partial charge in [0, 0.05) is 31.4 Å². The Morgan fingerprint density at radius 1 is 1.56 bits per heavy atom. The third kappa shape index (κ3) is 2.80. The highest BCUT2D eigenvalue weighted by Crippen LogP contribution is 2.25. The fourth-order valence-corrected chi connectivity index (χ4v) is 1.69. The van der Waals surface area contributed by atoms with Crippen LogP contribution in [-0.2, 0) is 7.05 Å². The van der Waals surface area contributed by atoms with Gasteiger partial charge in [0.2, 0.25) is 0 Å². The van der Waals surface area contributed by atoms with Crippen molar-refractivity contribution in [1.82, 2.24) is 9.78 Å². The lowest BCUT2D eigenvalue weighted by Gasteiger charge is -2.16. The summed E-state index contributed by atoms with van der Waals surface area (Å²) in [4.78, 5) is 0. The third-order valence-corrected chi connectivity index (χ3v) is 2.79. The first-order valence-corrected chi connectivity index (χ1v) is 5.78. The maximum absolute atomic E-state index is 13.3. The molecule has 1 atom stereocenters. The van der Waals surface area contributed by atoms with Gasteiger partial charge in [-0.05, 0) is 12.1 Å². The monoisotopic (exact) mass is 269 g/mol. The molecule has 0 spiro atoms. The summed E-state index contributed by atoms with van der Waals surface area (Å²) in [5, 5.41) is 4.11. The normalized spacial score (nSPS) is 12.4. The van der Waals surface area contributed by atoms with Crippen molar-refractivity contribution >= 4 is 11.6 Å². The van der Waals surface area contributed by atoms with Crippen LogP contribution in [0.2, 0.25) is 5.02 Å². The number of hydrogen-bond acceptors (Lipinski definition) is 3. The Balaban J connectivity index is 2.17. The molecule has 2 aromatic rings. The molecular formula is C12H13ClFN3O. The van der Waals surface area contributed by atoms with E-state index in [1.165, 1.54) is 12.1 Å². The minimum atomic E-state index is -0.517. The van der Waals surface area contributed by atoms with Crippen molar-refractivity contribution in [3.05, 3.63) is 47.0 Å². The van der Waals surface area contributed by atoms with Gasteiger partial charge in [-0.25, -0.2) is 4.39 Å². The molecule has 1 aromatic heterocycles. The number of nitrogens with zero attached hydrogens (tertiary/aromatic N) is 2. The van der Waals surface area contributed by atoms with E-state index in [4.69, 9.17) is 22.1 Å². The summed E-state index contributed by atoms with van der Waals surface area (Å²) in [5.74, 6) is -0.132. The van der Waals surface area contributed by atoms with Gasteiger partial charge in [-0.1, -0.05) is 11.6 Å². The molecule has 18 heavy (non-hydrogen) atoms. The van der Waals surface area contributed by atoms with Gasteiger partial charge in [0.25, 0.3) is 0 Å². The Labute approximate surface area is 109 Å². The summed E-state index contributed by atoms with van der Waals surface area (Å²) in [6, 6.07) is 4.29. The second-order valence-electron chi connectivity index (χ2n) is 3.87. The fraction of sp³-hybridized carbons (Fsp3) is 0.250. The number of rotatable bonds is 4. The Morgan fingerprint density at radius 2 is 2.33 bits per heavy atom. The molecule has 0 aliphatic rings. The van der Waals surface area contributed by atoms with Gasteiger partial charge in [-0.15, -0.1) is 0 Å². The van der Waals surface area contributed by atoms with Crippen LogP contribution in [0.1, 0.15) is 11.7 Å². The molecule has 2 rings (SSSR count). The van der Waals surface area contributed by atoms with Crippen LogP contribution in [0.15, 0.2) is 30.6 Å². The van der Waals surface area contributed by atoms with Crippen molar-refractivity contribution in [2.75, 3.05) is 6.54 Å². The van der Waals surface area contributed by atoms with Gasteiger partial charge >= 0.3 is 0 Å². The number of hydrogen-bond donors (Lipinski definition) is 1. The van der Waals surface area contributed by atoms with Crippen LogP contribution in [-0.4, -0.2) is 16.3 Å². The summed E-state index contributed by atoms with van der Waals surface area (Å²) >= 11 is 5.60. The Kier molecular flexibility index (Phi) is 3.84. The SMILES string of the molecule is Cn1cc(C(CN)Oc2ccc(Cl)c(F)c2)cn1.